The topological polar surface area (TPSA) is 37.3 Å². The van der Waals surface area contributed by atoms with Crippen molar-refractivity contribution in [2.45, 2.75) is 92.1 Å². The van der Waals surface area contributed by atoms with Crippen molar-refractivity contribution >= 4 is 5.78 Å². The minimum atomic E-state index is -0.271. The highest BCUT2D eigenvalue weighted by atomic mass is 16.3. The monoisotopic (exact) mass is 396 g/mol. The van der Waals surface area contributed by atoms with Gasteiger partial charge in [0.1, 0.15) is 0 Å². The average Bonchev–Trinajstić information content (AvgIpc) is 3.00. The summed E-state index contributed by atoms with van der Waals surface area (Å²) >= 11 is 0. The first kappa shape index (κ1) is 21.1. The van der Waals surface area contributed by atoms with Crippen molar-refractivity contribution in [3.8, 4) is 0 Å². The summed E-state index contributed by atoms with van der Waals surface area (Å²) in [6, 6.07) is 0. The molecule has 0 radical (unpaired) electrons. The highest BCUT2D eigenvalue weighted by Crippen LogP contribution is 2.64. The van der Waals surface area contributed by atoms with E-state index in [0.717, 1.165) is 32.1 Å². The number of fused-ring (bicyclic) bond motifs is 4. The Balaban J connectivity index is 1.62. The molecule has 0 aromatic rings. The quantitative estimate of drug-likeness (QED) is 0.558. The standard InChI is InChI=1S/C27H40O2/c1-17(2)7-6-8-18(3)21-9-10-22-25-23(12-14-27(21,22)5)26(4)13-11-20(28)15-19(26)16-24(25)29/h6,8,16-18,20-22,28H,7,9-15H2,1-5H3/t18-,20?,21-,22+,26+,27-/m1/s1. The maximum absolute atomic E-state index is 13.3. The maximum atomic E-state index is 13.3. The van der Waals surface area contributed by atoms with Crippen molar-refractivity contribution in [3.05, 3.63) is 34.9 Å². The molecule has 0 aromatic heterocycles. The SMILES string of the molecule is CC(C)CC=C[C@@H](C)[C@H]1CC[C@H]2C3=C(CC[C@]12C)[C@@]1(C)CCC(O)CC1=CC3=O. The van der Waals surface area contributed by atoms with Crippen LogP contribution >= 0.6 is 0 Å². The lowest BCUT2D eigenvalue weighted by Gasteiger charge is -2.51. The number of rotatable bonds is 4. The van der Waals surface area contributed by atoms with E-state index in [1.54, 1.807) is 0 Å². The van der Waals surface area contributed by atoms with Crippen molar-refractivity contribution in [1.29, 1.82) is 0 Å². The van der Waals surface area contributed by atoms with Crippen LogP contribution in [0.3, 0.4) is 0 Å². The molecule has 0 saturated heterocycles. The van der Waals surface area contributed by atoms with Gasteiger partial charge in [-0.15, -0.1) is 0 Å². The Kier molecular flexibility index (Phi) is 5.47. The Morgan fingerprint density at radius 3 is 2.66 bits per heavy atom. The van der Waals surface area contributed by atoms with Gasteiger partial charge in [-0.3, -0.25) is 4.79 Å². The van der Waals surface area contributed by atoms with Crippen LogP contribution in [-0.4, -0.2) is 17.0 Å². The molecular formula is C27H40O2. The number of carbonyl (C=O) groups is 1. The molecule has 0 spiro atoms. The van der Waals surface area contributed by atoms with Crippen LogP contribution in [-0.2, 0) is 4.79 Å². The van der Waals surface area contributed by atoms with E-state index in [2.05, 4.69) is 46.8 Å². The largest absolute Gasteiger partial charge is 0.393 e. The molecule has 4 rings (SSSR count). The lowest BCUT2D eigenvalue weighted by atomic mass is 9.53. The molecule has 4 aliphatic rings. The molecule has 0 aliphatic heterocycles. The molecular weight excluding hydrogens is 356 g/mol. The van der Waals surface area contributed by atoms with E-state index in [1.807, 2.05) is 6.08 Å². The summed E-state index contributed by atoms with van der Waals surface area (Å²) in [4.78, 5) is 13.3. The number of hydrogen-bond acceptors (Lipinski definition) is 2. The molecule has 2 heteroatoms. The number of allylic oxidation sites excluding steroid dienone is 5. The van der Waals surface area contributed by atoms with Crippen molar-refractivity contribution in [1.82, 2.24) is 0 Å². The summed E-state index contributed by atoms with van der Waals surface area (Å²) in [7, 11) is 0. The Morgan fingerprint density at radius 2 is 1.93 bits per heavy atom. The summed E-state index contributed by atoms with van der Waals surface area (Å²) in [5.74, 6) is 2.65. The van der Waals surface area contributed by atoms with Crippen molar-refractivity contribution in [2.24, 2.45) is 34.5 Å². The minimum absolute atomic E-state index is 0.0185. The first-order chi connectivity index (χ1) is 13.7. The molecule has 0 heterocycles. The third kappa shape index (κ3) is 3.40. The van der Waals surface area contributed by atoms with E-state index in [1.165, 1.54) is 29.6 Å². The predicted molar refractivity (Wildman–Crippen MR) is 119 cm³/mol. The van der Waals surface area contributed by atoms with E-state index in [0.29, 0.717) is 30.1 Å². The molecule has 6 atom stereocenters. The van der Waals surface area contributed by atoms with Gasteiger partial charge in [-0.2, -0.15) is 0 Å². The molecule has 2 saturated carbocycles. The Hall–Kier alpha value is -1.15. The molecule has 4 aliphatic carbocycles. The zero-order valence-electron chi connectivity index (χ0n) is 19.1. The van der Waals surface area contributed by atoms with E-state index >= 15 is 0 Å². The molecule has 2 nitrogen and oxygen atoms in total. The zero-order valence-corrected chi connectivity index (χ0v) is 19.1. The van der Waals surface area contributed by atoms with E-state index in [9.17, 15) is 9.90 Å². The summed E-state index contributed by atoms with van der Waals surface area (Å²) in [5, 5.41) is 10.2. The second-order valence-corrected chi connectivity index (χ2v) is 11.3. The van der Waals surface area contributed by atoms with Crippen LogP contribution < -0.4 is 0 Å². The normalized spacial score (nSPS) is 40.7. The molecule has 0 aromatic carbocycles. The number of ketones is 1. The fourth-order valence-electron chi connectivity index (χ4n) is 7.29. The van der Waals surface area contributed by atoms with Gasteiger partial charge < -0.3 is 5.11 Å². The smallest absolute Gasteiger partial charge is 0.182 e. The first-order valence-electron chi connectivity index (χ1n) is 12.0. The van der Waals surface area contributed by atoms with Gasteiger partial charge in [-0.1, -0.05) is 57.9 Å². The zero-order chi connectivity index (χ0) is 21.0. The van der Waals surface area contributed by atoms with Crippen LogP contribution in [0.15, 0.2) is 34.9 Å². The fourth-order valence-corrected chi connectivity index (χ4v) is 7.29. The lowest BCUT2D eigenvalue weighted by molar-refractivity contribution is -0.113. The number of aliphatic hydroxyl groups excluding tert-OH is 1. The molecule has 0 bridgehead atoms. The van der Waals surface area contributed by atoms with Crippen LogP contribution in [0.1, 0.15) is 86.0 Å². The second-order valence-electron chi connectivity index (χ2n) is 11.3. The minimum Gasteiger partial charge on any atom is -0.393 e. The second kappa shape index (κ2) is 7.52. The first-order valence-corrected chi connectivity index (χ1v) is 12.0. The summed E-state index contributed by atoms with van der Waals surface area (Å²) in [6.45, 7) is 11.8. The van der Waals surface area contributed by atoms with Crippen molar-refractivity contribution in [2.75, 3.05) is 0 Å². The Labute approximate surface area is 177 Å². The number of carbonyl (C=O) groups excluding carboxylic acids is 1. The summed E-state index contributed by atoms with van der Waals surface area (Å²) in [5.41, 5.74) is 4.08. The van der Waals surface area contributed by atoms with Gasteiger partial charge in [0.05, 0.1) is 6.10 Å². The predicted octanol–water partition coefficient (Wildman–Crippen LogP) is 6.41. The average molecular weight is 397 g/mol. The highest BCUT2D eigenvalue weighted by Gasteiger charge is 2.56. The molecule has 1 unspecified atom stereocenters. The lowest BCUT2D eigenvalue weighted by Crippen LogP contribution is -2.44. The number of hydrogen-bond donors (Lipinski definition) is 1. The van der Waals surface area contributed by atoms with E-state index in [-0.39, 0.29) is 22.7 Å². The molecule has 160 valence electrons. The highest BCUT2D eigenvalue weighted by molar-refractivity contribution is 6.07. The summed E-state index contributed by atoms with van der Waals surface area (Å²) < 4.78 is 0. The van der Waals surface area contributed by atoms with Gasteiger partial charge in [0.2, 0.25) is 0 Å². The molecule has 0 amide bonds. The van der Waals surface area contributed by atoms with Gasteiger partial charge in [0.25, 0.3) is 0 Å². The molecule has 2 fully saturated rings. The van der Waals surface area contributed by atoms with Crippen molar-refractivity contribution < 1.29 is 9.90 Å². The van der Waals surface area contributed by atoms with Crippen LogP contribution in [0, 0.1) is 34.5 Å². The van der Waals surface area contributed by atoms with Gasteiger partial charge in [-0.25, -0.2) is 0 Å². The van der Waals surface area contributed by atoms with Gasteiger partial charge in [0.15, 0.2) is 5.78 Å². The maximum Gasteiger partial charge on any atom is 0.182 e. The third-order valence-corrected chi connectivity index (χ3v) is 9.06. The van der Waals surface area contributed by atoms with E-state index < -0.39 is 0 Å². The third-order valence-electron chi connectivity index (χ3n) is 9.06. The van der Waals surface area contributed by atoms with Crippen molar-refractivity contribution in [3.63, 3.8) is 0 Å². The molecule has 29 heavy (non-hydrogen) atoms. The van der Waals surface area contributed by atoms with Gasteiger partial charge >= 0.3 is 0 Å². The fraction of sp³-hybridized carbons (Fsp3) is 0.741. The van der Waals surface area contributed by atoms with Crippen LogP contribution in [0.25, 0.3) is 0 Å². The van der Waals surface area contributed by atoms with E-state index in [4.69, 9.17) is 0 Å². The van der Waals surface area contributed by atoms with Crippen LogP contribution in [0.2, 0.25) is 0 Å². The molecule has 1 N–H and O–H groups in total. The van der Waals surface area contributed by atoms with Gasteiger partial charge in [-0.05, 0) is 86.5 Å². The van der Waals surface area contributed by atoms with Crippen LogP contribution in [0.5, 0.6) is 0 Å². The number of aliphatic hydroxyl groups is 1. The Morgan fingerprint density at radius 1 is 1.17 bits per heavy atom. The summed E-state index contributed by atoms with van der Waals surface area (Å²) in [6.07, 6.45) is 14.9. The Bertz CT molecular complexity index is 769. The van der Waals surface area contributed by atoms with Crippen LogP contribution in [0.4, 0.5) is 0 Å². The van der Waals surface area contributed by atoms with Gasteiger partial charge in [0, 0.05) is 11.0 Å².